The average molecular weight is 220 g/mol. The van der Waals surface area contributed by atoms with Crippen LogP contribution >= 0.6 is 0 Å². The summed E-state index contributed by atoms with van der Waals surface area (Å²) in [5.41, 5.74) is 9.55. The van der Waals surface area contributed by atoms with Gasteiger partial charge in [0.1, 0.15) is 6.54 Å². The number of nitrogens with two attached hydrogens (primary N) is 2. The summed E-state index contributed by atoms with van der Waals surface area (Å²) in [6.07, 6.45) is 0. The van der Waals surface area contributed by atoms with E-state index in [1.165, 1.54) is 0 Å². The number of likely N-dealkylation sites (N-methyl/N-ethyl adjacent to an activating group) is 1. The van der Waals surface area contributed by atoms with E-state index in [2.05, 4.69) is 26.1 Å². The quantitative estimate of drug-likeness (QED) is 0.260. The van der Waals surface area contributed by atoms with Crippen molar-refractivity contribution >= 4 is 11.9 Å². The fourth-order valence-corrected chi connectivity index (χ4v) is 0.456. The fourth-order valence-electron chi connectivity index (χ4n) is 0.456. The molecule has 0 aliphatic carbocycles. The number of quaternary nitrogens is 1. The lowest BCUT2D eigenvalue weighted by atomic mass is 10.5. The van der Waals surface area contributed by atoms with Crippen LogP contribution in [0.4, 0.5) is 0 Å². The third kappa shape index (κ3) is 24.5. The molecule has 0 aromatic carbocycles. The summed E-state index contributed by atoms with van der Waals surface area (Å²) in [4.78, 5) is 12.7. The third-order valence-corrected chi connectivity index (χ3v) is 1.16. The summed E-state index contributed by atoms with van der Waals surface area (Å²) in [7, 11) is 6.16. The van der Waals surface area contributed by atoms with Gasteiger partial charge in [-0.05, 0) is 0 Å². The van der Waals surface area contributed by atoms with E-state index < -0.39 is 12.5 Å². The molecule has 0 bridgehead atoms. The molecule has 0 saturated heterocycles. The molecule has 0 amide bonds. The number of hydrogen-bond donors (Lipinski definition) is 3. The molecule has 0 unspecified atom stereocenters. The number of carboxylic acids is 1. The fraction of sp³-hybridized carbons (Fsp3) is 0.750. The maximum absolute atomic E-state index is 9.57. The Morgan fingerprint density at radius 3 is 1.93 bits per heavy atom. The van der Waals surface area contributed by atoms with Gasteiger partial charge in [-0.1, -0.05) is 0 Å². The number of aliphatic hydroxyl groups is 1. The maximum atomic E-state index is 9.57. The van der Waals surface area contributed by atoms with Crippen LogP contribution in [0.2, 0.25) is 0 Å². The number of nitrogens with zero attached hydrogens (tertiary/aromatic N) is 2. The lowest BCUT2D eigenvalue weighted by molar-refractivity contribution is -0.870. The second-order valence-corrected chi connectivity index (χ2v) is 3.85. The zero-order chi connectivity index (χ0) is 12.5. The van der Waals surface area contributed by atoms with E-state index in [0.29, 0.717) is 0 Å². The number of rotatable bonds is 4. The highest BCUT2D eigenvalue weighted by atomic mass is 16.4. The van der Waals surface area contributed by atoms with Crippen LogP contribution in [-0.4, -0.2) is 62.4 Å². The van der Waals surface area contributed by atoms with E-state index in [-0.39, 0.29) is 12.6 Å². The number of carboxylic acid groups (broad SMARTS) is 1. The molecule has 0 fully saturated rings. The van der Waals surface area contributed by atoms with Gasteiger partial charge in [0.05, 0.1) is 40.3 Å². The summed E-state index contributed by atoms with van der Waals surface area (Å²) in [5.74, 6) is -1.53. The number of carbonyl (C=O) groups is 1. The van der Waals surface area contributed by atoms with E-state index in [1.54, 1.807) is 0 Å². The number of aliphatic hydroxyl groups excluding tert-OH is 1. The van der Waals surface area contributed by atoms with Gasteiger partial charge in [0.2, 0.25) is 0 Å². The molecule has 5 N–H and O–H groups in total. The minimum Gasteiger partial charge on any atom is -0.548 e. The largest absolute Gasteiger partial charge is 0.548 e. The Labute approximate surface area is 89.6 Å². The molecule has 0 saturated carbocycles. The highest BCUT2D eigenvalue weighted by Gasteiger charge is 2.02. The van der Waals surface area contributed by atoms with Crippen molar-refractivity contribution in [2.75, 3.05) is 40.8 Å². The van der Waals surface area contributed by atoms with Crippen LogP contribution in [0.3, 0.4) is 0 Å². The molecular weight excluding hydrogens is 200 g/mol. The van der Waals surface area contributed by atoms with Crippen molar-refractivity contribution in [1.82, 2.24) is 0 Å². The molecule has 90 valence electrons. The number of aliphatic carboxylic acids is 1. The van der Waals surface area contributed by atoms with Gasteiger partial charge in [-0.3, -0.25) is 0 Å². The molecule has 7 heteroatoms. The summed E-state index contributed by atoms with van der Waals surface area (Å²) in [6.45, 7) is 0.645. The number of guanidine groups is 1. The smallest absolute Gasteiger partial charge is 0.186 e. The van der Waals surface area contributed by atoms with E-state index in [9.17, 15) is 9.90 Å². The van der Waals surface area contributed by atoms with Gasteiger partial charge in [0, 0.05) is 0 Å². The van der Waals surface area contributed by atoms with Crippen molar-refractivity contribution in [2.24, 2.45) is 16.5 Å². The highest BCUT2D eigenvalue weighted by molar-refractivity contribution is 5.78. The molecule has 0 atom stereocenters. The Hall–Kier alpha value is -1.34. The van der Waals surface area contributed by atoms with Gasteiger partial charge >= 0.3 is 0 Å². The van der Waals surface area contributed by atoms with Gasteiger partial charge < -0.3 is 31.0 Å². The van der Waals surface area contributed by atoms with Gasteiger partial charge in [-0.15, -0.1) is 0 Å². The molecule has 0 aromatic heterocycles. The molecule has 0 aliphatic rings. The first-order valence-electron chi connectivity index (χ1n) is 4.35. The van der Waals surface area contributed by atoms with Crippen LogP contribution in [-0.2, 0) is 4.79 Å². The van der Waals surface area contributed by atoms with Crippen LogP contribution < -0.4 is 16.6 Å². The topological polar surface area (TPSA) is 125 Å². The van der Waals surface area contributed by atoms with Gasteiger partial charge in [0.25, 0.3) is 0 Å². The monoisotopic (exact) mass is 220 g/mol. The van der Waals surface area contributed by atoms with Crippen molar-refractivity contribution < 1.29 is 19.5 Å². The Morgan fingerprint density at radius 2 is 1.87 bits per heavy atom. The molecule has 0 radical (unpaired) electrons. The van der Waals surface area contributed by atoms with Crippen molar-refractivity contribution in [1.29, 1.82) is 0 Å². The van der Waals surface area contributed by atoms with Gasteiger partial charge in [-0.25, -0.2) is 4.99 Å². The van der Waals surface area contributed by atoms with E-state index in [1.807, 2.05) is 0 Å². The average Bonchev–Trinajstić information content (AvgIpc) is 1.99. The lowest BCUT2D eigenvalue weighted by Gasteiger charge is -2.21. The third-order valence-electron chi connectivity index (χ3n) is 1.16. The first-order chi connectivity index (χ1) is 6.69. The molecule has 0 heterocycles. The Kier molecular flexibility index (Phi) is 8.60. The molecule has 15 heavy (non-hydrogen) atoms. The number of hydrogen-bond acceptors (Lipinski definition) is 4. The Morgan fingerprint density at radius 1 is 1.40 bits per heavy atom. The Balaban J connectivity index is 0. The lowest BCUT2D eigenvalue weighted by Crippen LogP contribution is -2.36. The van der Waals surface area contributed by atoms with Crippen molar-refractivity contribution in [3.63, 3.8) is 0 Å². The summed E-state index contributed by atoms with van der Waals surface area (Å²) < 4.78 is 0.844. The standard InChI is InChI=1S/C5H14NO.C3H7N3O2/c1-6(2,3)4-5-7;4-3(5)6-1-2(7)8/h7H,4-5H2,1-3H3;1H2,(H,7,8)(H4,4,5,6)/q+1;/p-1. The minimum atomic E-state index is -1.29. The summed E-state index contributed by atoms with van der Waals surface area (Å²) >= 11 is 0. The predicted molar refractivity (Wildman–Crippen MR) is 55.7 cm³/mol. The van der Waals surface area contributed by atoms with Crippen LogP contribution in [0, 0.1) is 0 Å². The molecule has 7 nitrogen and oxygen atoms in total. The van der Waals surface area contributed by atoms with E-state index >= 15 is 0 Å². The van der Waals surface area contributed by atoms with Gasteiger partial charge in [0.15, 0.2) is 5.96 Å². The van der Waals surface area contributed by atoms with Crippen LogP contribution in [0.5, 0.6) is 0 Å². The Bertz CT molecular complexity index is 206. The normalized spacial score (nSPS) is 9.87. The minimum absolute atomic E-state index is 0.241. The van der Waals surface area contributed by atoms with Crippen LogP contribution in [0.1, 0.15) is 0 Å². The predicted octanol–water partition coefficient (Wildman–Crippen LogP) is -3.31. The zero-order valence-electron chi connectivity index (χ0n) is 9.43. The first kappa shape index (κ1) is 16.1. The second-order valence-electron chi connectivity index (χ2n) is 3.85. The molecule has 0 aliphatic heterocycles. The van der Waals surface area contributed by atoms with Gasteiger partial charge in [-0.2, -0.15) is 0 Å². The van der Waals surface area contributed by atoms with Crippen LogP contribution in [0.25, 0.3) is 0 Å². The number of carbonyl (C=O) groups excluding carboxylic acids is 1. The van der Waals surface area contributed by atoms with Crippen molar-refractivity contribution in [2.45, 2.75) is 0 Å². The number of aliphatic imine (C=N–C) groups is 1. The zero-order valence-corrected chi connectivity index (χ0v) is 9.43. The molecule has 0 aromatic rings. The maximum Gasteiger partial charge on any atom is 0.186 e. The van der Waals surface area contributed by atoms with E-state index in [4.69, 9.17) is 16.6 Å². The molecular formula is C8H20N4O3. The highest BCUT2D eigenvalue weighted by Crippen LogP contribution is 1.84. The van der Waals surface area contributed by atoms with Crippen LogP contribution in [0.15, 0.2) is 4.99 Å². The van der Waals surface area contributed by atoms with Crippen molar-refractivity contribution in [3.05, 3.63) is 0 Å². The van der Waals surface area contributed by atoms with Crippen molar-refractivity contribution in [3.8, 4) is 0 Å². The first-order valence-corrected chi connectivity index (χ1v) is 4.35. The molecule has 0 rings (SSSR count). The summed E-state index contributed by atoms with van der Waals surface area (Å²) in [6, 6.07) is 0. The molecule has 0 spiro atoms. The van der Waals surface area contributed by atoms with E-state index in [0.717, 1.165) is 11.0 Å². The summed E-state index contributed by atoms with van der Waals surface area (Å²) in [5, 5.41) is 18.0. The second kappa shape index (κ2) is 8.01. The SMILES string of the molecule is C[N+](C)(C)CCO.NC(N)=NCC(=O)[O-].